The van der Waals surface area contributed by atoms with Crippen molar-refractivity contribution < 1.29 is 9.59 Å². The molecular formula is C19H14N4O2S. The smallest absolute Gasteiger partial charge is 0.281 e. The van der Waals surface area contributed by atoms with Gasteiger partial charge in [-0.15, -0.1) is 11.3 Å². The predicted molar refractivity (Wildman–Crippen MR) is 99.2 cm³/mol. The molecule has 26 heavy (non-hydrogen) atoms. The number of aldehydes is 1. The highest BCUT2D eigenvalue weighted by Gasteiger charge is 2.12. The summed E-state index contributed by atoms with van der Waals surface area (Å²) in [7, 11) is 0. The zero-order valence-electron chi connectivity index (χ0n) is 13.6. The Morgan fingerprint density at radius 3 is 2.92 bits per heavy atom. The molecule has 0 radical (unpaired) electrons. The van der Waals surface area contributed by atoms with Crippen molar-refractivity contribution >= 4 is 34.6 Å². The van der Waals surface area contributed by atoms with Crippen molar-refractivity contribution in [2.75, 3.05) is 0 Å². The van der Waals surface area contributed by atoms with Gasteiger partial charge in [0.05, 0.1) is 5.56 Å². The van der Waals surface area contributed by atoms with Gasteiger partial charge >= 0.3 is 0 Å². The average Bonchev–Trinajstić information content (AvgIpc) is 3.29. The van der Waals surface area contributed by atoms with Gasteiger partial charge in [-0.2, -0.15) is 4.99 Å². The van der Waals surface area contributed by atoms with Gasteiger partial charge in [-0.3, -0.25) is 9.59 Å². The summed E-state index contributed by atoms with van der Waals surface area (Å²) >= 11 is 1.40. The van der Waals surface area contributed by atoms with Gasteiger partial charge in [0.25, 0.3) is 5.91 Å². The molecule has 0 spiro atoms. The van der Waals surface area contributed by atoms with Gasteiger partial charge in [-0.25, -0.2) is 4.98 Å². The first-order valence-corrected chi connectivity index (χ1v) is 8.82. The molecule has 128 valence electrons. The third-order valence-corrected chi connectivity index (χ3v) is 4.80. The molecule has 0 fully saturated rings. The molecule has 0 saturated heterocycles. The Morgan fingerprint density at radius 1 is 1.27 bits per heavy atom. The van der Waals surface area contributed by atoms with Crippen LogP contribution >= 0.6 is 11.3 Å². The number of carbonyl (C=O) groups is 2. The standard InChI is InChI=1S/C19H14N4O2S/c24-12-14-5-3-13(4-6-14)11-23-8-9-26-19(23)22-18(25)16-10-21-17-15(16)2-1-7-20-17/h1-10,12H,11H2,(H,20,21). The normalized spacial score (nSPS) is 11.8. The molecule has 0 aliphatic heterocycles. The van der Waals surface area contributed by atoms with Gasteiger partial charge in [0.2, 0.25) is 0 Å². The van der Waals surface area contributed by atoms with Gasteiger partial charge in [0.15, 0.2) is 4.80 Å². The quantitative estimate of drug-likeness (QED) is 0.567. The minimum atomic E-state index is -0.309. The Morgan fingerprint density at radius 2 is 2.12 bits per heavy atom. The van der Waals surface area contributed by atoms with E-state index in [0.717, 1.165) is 17.2 Å². The second-order valence-electron chi connectivity index (χ2n) is 5.69. The summed E-state index contributed by atoms with van der Waals surface area (Å²) in [5.41, 5.74) is 2.83. The summed E-state index contributed by atoms with van der Waals surface area (Å²) in [5.74, 6) is -0.309. The van der Waals surface area contributed by atoms with E-state index < -0.39 is 0 Å². The third kappa shape index (κ3) is 3.12. The number of hydrogen-bond acceptors (Lipinski definition) is 4. The van der Waals surface area contributed by atoms with Crippen molar-refractivity contribution in [2.24, 2.45) is 4.99 Å². The molecule has 0 aliphatic rings. The van der Waals surface area contributed by atoms with Crippen LogP contribution in [0.3, 0.4) is 0 Å². The highest BCUT2D eigenvalue weighted by atomic mass is 32.1. The Labute approximate surface area is 152 Å². The summed E-state index contributed by atoms with van der Waals surface area (Å²) in [5, 5.41) is 2.65. The minimum absolute atomic E-state index is 0.309. The number of aromatic amines is 1. The molecule has 0 saturated carbocycles. The number of hydrogen-bond donors (Lipinski definition) is 1. The maximum atomic E-state index is 12.6. The molecule has 7 heteroatoms. The van der Waals surface area contributed by atoms with Gasteiger partial charge < -0.3 is 9.55 Å². The lowest BCUT2D eigenvalue weighted by Crippen LogP contribution is -2.17. The molecule has 4 rings (SSSR count). The van der Waals surface area contributed by atoms with Crippen molar-refractivity contribution in [1.82, 2.24) is 14.5 Å². The summed E-state index contributed by atoms with van der Waals surface area (Å²) in [6.07, 6.45) is 6.02. The summed E-state index contributed by atoms with van der Waals surface area (Å²) in [6, 6.07) is 11.0. The van der Waals surface area contributed by atoms with Crippen LogP contribution in [-0.4, -0.2) is 26.7 Å². The predicted octanol–water partition coefficient (Wildman–Crippen LogP) is 3.03. The van der Waals surface area contributed by atoms with Crippen LogP contribution in [-0.2, 0) is 6.54 Å². The fraction of sp³-hybridized carbons (Fsp3) is 0.0526. The summed E-state index contributed by atoms with van der Waals surface area (Å²) in [4.78, 5) is 35.4. The van der Waals surface area contributed by atoms with E-state index in [0.29, 0.717) is 28.1 Å². The topological polar surface area (TPSA) is 80.1 Å². The number of nitrogens with one attached hydrogen (secondary N) is 1. The molecule has 0 atom stereocenters. The molecule has 4 aromatic rings. The van der Waals surface area contributed by atoms with Crippen molar-refractivity contribution in [3.05, 3.63) is 81.9 Å². The number of rotatable bonds is 4. The Hall–Kier alpha value is -3.32. The molecular weight excluding hydrogens is 348 g/mol. The SMILES string of the molecule is O=Cc1ccc(Cn2ccsc2=NC(=O)c2c[nH]c3ncccc23)cc1. The van der Waals surface area contributed by atoms with Crippen molar-refractivity contribution in [2.45, 2.75) is 6.54 Å². The monoisotopic (exact) mass is 362 g/mol. The molecule has 0 unspecified atom stereocenters. The van der Waals surface area contributed by atoms with E-state index in [1.807, 2.05) is 34.3 Å². The van der Waals surface area contributed by atoms with Crippen LogP contribution in [0.2, 0.25) is 0 Å². The van der Waals surface area contributed by atoms with E-state index in [2.05, 4.69) is 15.0 Å². The van der Waals surface area contributed by atoms with Crippen molar-refractivity contribution in [3.8, 4) is 0 Å². The fourth-order valence-corrected chi connectivity index (χ4v) is 3.41. The van der Waals surface area contributed by atoms with Gasteiger partial charge in [0, 0.05) is 41.5 Å². The molecule has 3 aromatic heterocycles. The number of aromatic nitrogens is 3. The molecule has 0 aliphatic carbocycles. The lowest BCUT2D eigenvalue weighted by Gasteiger charge is -2.03. The van der Waals surface area contributed by atoms with Crippen molar-refractivity contribution in [1.29, 1.82) is 0 Å². The maximum absolute atomic E-state index is 12.6. The number of carbonyl (C=O) groups excluding carboxylic acids is 2. The van der Waals surface area contributed by atoms with Crippen LogP contribution in [0, 0.1) is 0 Å². The first kappa shape index (κ1) is 16.2. The second-order valence-corrected chi connectivity index (χ2v) is 6.56. The summed E-state index contributed by atoms with van der Waals surface area (Å²) < 4.78 is 1.91. The molecule has 0 bridgehead atoms. The number of pyridine rings is 1. The van der Waals surface area contributed by atoms with Crippen LogP contribution in [0.4, 0.5) is 0 Å². The van der Waals surface area contributed by atoms with Crippen LogP contribution in [0.5, 0.6) is 0 Å². The van der Waals surface area contributed by atoms with Crippen LogP contribution in [0.15, 0.2) is 65.4 Å². The highest BCUT2D eigenvalue weighted by Crippen LogP contribution is 2.16. The zero-order chi connectivity index (χ0) is 17.9. The first-order valence-electron chi connectivity index (χ1n) is 7.94. The number of thiazole rings is 1. The Balaban J connectivity index is 1.65. The van der Waals surface area contributed by atoms with Crippen LogP contribution < -0.4 is 4.80 Å². The first-order chi connectivity index (χ1) is 12.7. The Bertz CT molecular complexity index is 1150. The van der Waals surface area contributed by atoms with Gasteiger partial charge in [-0.1, -0.05) is 24.3 Å². The lowest BCUT2D eigenvalue weighted by atomic mass is 10.1. The van der Waals surface area contributed by atoms with Crippen molar-refractivity contribution in [3.63, 3.8) is 0 Å². The van der Waals surface area contributed by atoms with Gasteiger partial charge in [0.1, 0.15) is 11.9 Å². The summed E-state index contributed by atoms with van der Waals surface area (Å²) in [6.45, 7) is 0.574. The molecule has 1 amide bonds. The average molecular weight is 362 g/mol. The van der Waals surface area contributed by atoms with Crippen LogP contribution in [0.1, 0.15) is 26.3 Å². The molecule has 6 nitrogen and oxygen atoms in total. The van der Waals surface area contributed by atoms with E-state index in [4.69, 9.17) is 0 Å². The number of H-pyrrole nitrogens is 1. The fourth-order valence-electron chi connectivity index (χ4n) is 2.69. The van der Waals surface area contributed by atoms with E-state index in [9.17, 15) is 9.59 Å². The van der Waals surface area contributed by atoms with E-state index in [-0.39, 0.29) is 5.91 Å². The maximum Gasteiger partial charge on any atom is 0.281 e. The number of amides is 1. The number of benzene rings is 1. The third-order valence-electron chi connectivity index (χ3n) is 4.01. The van der Waals surface area contributed by atoms with Crippen LogP contribution in [0.25, 0.3) is 11.0 Å². The zero-order valence-corrected chi connectivity index (χ0v) is 14.4. The molecule has 1 N–H and O–H groups in total. The van der Waals surface area contributed by atoms with Gasteiger partial charge in [-0.05, 0) is 17.7 Å². The van der Waals surface area contributed by atoms with E-state index in [1.165, 1.54) is 11.3 Å². The Kier molecular flexibility index (Phi) is 4.28. The molecule has 3 heterocycles. The number of fused-ring (bicyclic) bond motifs is 1. The van der Waals surface area contributed by atoms with E-state index >= 15 is 0 Å². The highest BCUT2D eigenvalue weighted by molar-refractivity contribution is 7.07. The second kappa shape index (κ2) is 6.89. The number of nitrogens with zero attached hydrogens (tertiary/aromatic N) is 3. The minimum Gasteiger partial charge on any atom is -0.345 e. The lowest BCUT2D eigenvalue weighted by molar-refractivity contribution is 0.0999. The molecule has 1 aromatic carbocycles. The van der Waals surface area contributed by atoms with E-state index in [1.54, 1.807) is 30.6 Å². The largest absolute Gasteiger partial charge is 0.345 e.